The van der Waals surface area contributed by atoms with E-state index >= 15 is 0 Å². The lowest BCUT2D eigenvalue weighted by Crippen LogP contribution is -2.39. The lowest BCUT2D eigenvalue weighted by Gasteiger charge is -2.30. The Balaban J connectivity index is 2.24. The number of carbonyl (C=O) groups excluding carboxylic acids is 1. The van der Waals surface area contributed by atoms with Gasteiger partial charge in [-0.3, -0.25) is 9.78 Å². The molecule has 104 valence electrons. The molecule has 6 heteroatoms. The molecule has 1 aromatic heterocycles. The first-order valence-corrected chi connectivity index (χ1v) is 6.21. The van der Waals surface area contributed by atoms with E-state index in [1.165, 1.54) is 17.2 Å². The van der Waals surface area contributed by atoms with Crippen molar-refractivity contribution in [3.8, 4) is 0 Å². The highest BCUT2D eigenvalue weighted by molar-refractivity contribution is 5.94. The van der Waals surface area contributed by atoms with E-state index in [-0.39, 0.29) is 0 Å². The van der Waals surface area contributed by atoms with E-state index in [0.29, 0.717) is 19.0 Å². The van der Waals surface area contributed by atoms with E-state index in [4.69, 9.17) is 0 Å². The van der Waals surface area contributed by atoms with Gasteiger partial charge in [0.1, 0.15) is 5.69 Å². The van der Waals surface area contributed by atoms with Gasteiger partial charge in [-0.1, -0.05) is 6.92 Å². The Hall–Kier alpha value is -1.59. The van der Waals surface area contributed by atoms with Crippen molar-refractivity contribution in [2.75, 3.05) is 13.1 Å². The number of likely N-dealkylation sites (tertiary alicyclic amines) is 1. The monoisotopic (exact) mass is 272 g/mol. The number of hydrogen-bond acceptors (Lipinski definition) is 2. The summed E-state index contributed by atoms with van der Waals surface area (Å²) >= 11 is 0. The van der Waals surface area contributed by atoms with Crippen LogP contribution in [0.5, 0.6) is 0 Å². The molecule has 1 aliphatic rings. The van der Waals surface area contributed by atoms with E-state index in [0.717, 1.165) is 18.9 Å². The van der Waals surface area contributed by atoms with Crippen LogP contribution in [0.15, 0.2) is 18.3 Å². The van der Waals surface area contributed by atoms with Crippen molar-refractivity contribution in [1.82, 2.24) is 9.88 Å². The number of amides is 1. The van der Waals surface area contributed by atoms with E-state index in [2.05, 4.69) is 11.9 Å². The lowest BCUT2D eigenvalue weighted by molar-refractivity contribution is -0.138. The van der Waals surface area contributed by atoms with Crippen LogP contribution >= 0.6 is 0 Å². The van der Waals surface area contributed by atoms with E-state index in [1.807, 2.05) is 0 Å². The van der Waals surface area contributed by atoms with Gasteiger partial charge in [0.25, 0.3) is 5.91 Å². The molecule has 0 atom stereocenters. The molecule has 0 N–H and O–H groups in total. The topological polar surface area (TPSA) is 33.2 Å². The number of nitrogens with zero attached hydrogens (tertiary/aromatic N) is 2. The normalized spacial score (nSPS) is 17.6. The number of carbonyl (C=O) groups is 1. The van der Waals surface area contributed by atoms with Crippen LogP contribution in [0.25, 0.3) is 0 Å². The molecular formula is C13H15F3N2O. The van der Waals surface area contributed by atoms with Crippen LogP contribution < -0.4 is 0 Å². The zero-order valence-electron chi connectivity index (χ0n) is 10.6. The van der Waals surface area contributed by atoms with Gasteiger partial charge in [0.15, 0.2) is 0 Å². The highest BCUT2D eigenvalue weighted by Crippen LogP contribution is 2.31. The molecule has 0 unspecified atom stereocenters. The predicted molar refractivity (Wildman–Crippen MR) is 63.5 cm³/mol. The average molecular weight is 272 g/mol. The summed E-state index contributed by atoms with van der Waals surface area (Å²) in [5, 5.41) is 0. The Morgan fingerprint density at radius 3 is 2.58 bits per heavy atom. The molecule has 1 amide bonds. The minimum atomic E-state index is -4.55. The van der Waals surface area contributed by atoms with Crippen molar-refractivity contribution in [3.63, 3.8) is 0 Å². The molecule has 1 fully saturated rings. The van der Waals surface area contributed by atoms with Crippen LogP contribution in [0.3, 0.4) is 0 Å². The van der Waals surface area contributed by atoms with Crippen molar-refractivity contribution in [3.05, 3.63) is 29.6 Å². The zero-order valence-corrected chi connectivity index (χ0v) is 10.6. The summed E-state index contributed by atoms with van der Waals surface area (Å²) in [7, 11) is 0. The van der Waals surface area contributed by atoms with Gasteiger partial charge < -0.3 is 4.90 Å². The van der Waals surface area contributed by atoms with Crippen molar-refractivity contribution in [2.45, 2.75) is 25.9 Å². The smallest absolute Gasteiger partial charge is 0.337 e. The van der Waals surface area contributed by atoms with Gasteiger partial charge in [-0.2, -0.15) is 13.2 Å². The number of alkyl halides is 3. The molecule has 0 bridgehead atoms. The molecule has 0 radical (unpaired) electrons. The Morgan fingerprint density at radius 2 is 2.00 bits per heavy atom. The first-order chi connectivity index (χ1) is 8.89. The molecule has 19 heavy (non-hydrogen) atoms. The largest absolute Gasteiger partial charge is 0.418 e. The van der Waals surface area contributed by atoms with Crippen molar-refractivity contribution in [1.29, 1.82) is 0 Å². The van der Waals surface area contributed by atoms with Crippen molar-refractivity contribution >= 4 is 5.91 Å². The number of rotatable bonds is 1. The molecule has 0 spiro atoms. The minimum Gasteiger partial charge on any atom is -0.337 e. The fourth-order valence-electron chi connectivity index (χ4n) is 2.17. The van der Waals surface area contributed by atoms with Crippen LogP contribution in [0, 0.1) is 5.92 Å². The summed E-state index contributed by atoms with van der Waals surface area (Å²) in [6.07, 6.45) is -1.70. The number of hydrogen-bond donors (Lipinski definition) is 0. The van der Waals surface area contributed by atoms with Crippen molar-refractivity contribution in [2.24, 2.45) is 5.92 Å². The fraction of sp³-hybridized carbons (Fsp3) is 0.538. The summed E-state index contributed by atoms with van der Waals surface area (Å²) in [5.74, 6) is -0.116. The third-order valence-corrected chi connectivity index (χ3v) is 3.39. The Bertz CT molecular complexity index is 465. The standard InChI is InChI=1S/C13H15F3N2O/c1-9-4-7-18(8-5-9)12(19)11-10(13(14,15)16)3-2-6-17-11/h2-3,6,9H,4-5,7-8H2,1H3. The average Bonchev–Trinajstić information content (AvgIpc) is 2.38. The Labute approximate surface area is 109 Å². The number of halogens is 3. The van der Waals surface area contributed by atoms with Gasteiger partial charge in [-0.05, 0) is 30.9 Å². The molecule has 0 saturated carbocycles. The summed E-state index contributed by atoms with van der Waals surface area (Å²) in [4.78, 5) is 17.2. The van der Waals surface area contributed by atoms with E-state index < -0.39 is 23.3 Å². The molecule has 3 nitrogen and oxygen atoms in total. The highest BCUT2D eigenvalue weighted by Gasteiger charge is 2.37. The predicted octanol–water partition coefficient (Wildman–Crippen LogP) is 2.97. The number of piperidine rings is 1. The van der Waals surface area contributed by atoms with Gasteiger partial charge in [0.05, 0.1) is 5.56 Å². The van der Waals surface area contributed by atoms with Gasteiger partial charge in [-0.15, -0.1) is 0 Å². The van der Waals surface area contributed by atoms with E-state index in [9.17, 15) is 18.0 Å². The maximum Gasteiger partial charge on any atom is 0.418 e. The molecule has 2 heterocycles. The molecular weight excluding hydrogens is 257 g/mol. The molecule has 0 aliphatic carbocycles. The van der Waals surface area contributed by atoms with Crippen molar-refractivity contribution < 1.29 is 18.0 Å². The van der Waals surface area contributed by atoms with Crippen LogP contribution in [0.1, 0.15) is 35.8 Å². The SMILES string of the molecule is CC1CCN(C(=O)c2ncccc2C(F)(F)F)CC1. The third kappa shape index (κ3) is 3.05. The first kappa shape index (κ1) is 13.8. The molecule has 2 rings (SSSR count). The zero-order chi connectivity index (χ0) is 14.0. The molecule has 0 aromatic carbocycles. The summed E-state index contributed by atoms with van der Waals surface area (Å²) in [5.41, 5.74) is -1.46. The molecule has 1 saturated heterocycles. The third-order valence-electron chi connectivity index (χ3n) is 3.39. The minimum absolute atomic E-state index is 0.494. The maximum atomic E-state index is 12.8. The van der Waals surface area contributed by atoms with Gasteiger partial charge in [0, 0.05) is 19.3 Å². The van der Waals surface area contributed by atoms with Gasteiger partial charge in [0.2, 0.25) is 0 Å². The fourth-order valence-corrected chi connectivity index (χ4v) is 2.17. The van der Waals surface area contributed by atoms with Crippen LogP contribution in [-0.2, 0) is 6.18 Å². The summed E-state index contributed by atoms with van der Waals surface area (Å²) < 4.78 is 38.5. The lowest BCUT2D eigenvalue weighted by atomic mass is 9.98. The Kier molecular flexibility index (Phi) is 3.78. The first-order valence-electron chi connectivity index (χ1n) is 6.21. The number of aromatic nitrogens is 1. The molecule has 1 aliphatic heterocycles. The second-order valence-corrected chi connectivity index (χ2v) is 4.87. The summed E-state index contributed by atoms with van der Waals surface area (Å²) in [6.45, 7) is 3.06. The quantitative estimate of drug-likeness (QED) is 0.787. The van der Waals surface area contributed by atoms with Crippen LogP contribution in [0.4, 0.5) is 13.2 Å². The van der Waals surface area contributed by atoms with Gasteiger partial charge >= 0.3 is 6.18 Å². The van der Waals surface area contributed by atoms with Crippen LogP contribution in [-0.4, -0.2) is 28.9 Å². The maximum absolute atomic E-state index is 12.8. The second kappa shape index (κ2) is 5.19. The van der Waals surface area contributed by atoms with Crippen LogP contribution in [0.2, 0.25) is 0 Å². The van der Waals surface area contributed by atoms with E-state index in [1.54, 1.807) is 0 Å². The van der Waals surface area contributed by atoms with Gasteiger partial charge in [-0.25, -0.2) is 0 Å². The molecule has 1 aromatic rings. The Morgan fingerprint density at radius 1 is 1.37 bits per heavy atom. The highest BCUT2D eigenvalue weighted by atomic mass is 19.4. The summed E-state index contributed by atoms with van der Waals surface area (Å²) in [6, 6.07) is 2.09. The second-order valence-electron chi connectivity index (χ2n) is 4.87. The number of pyridine rings is 1.